The SMILES string of the molecule is CNC(=O)[C@]1(Cc2ccccc2-c2cccnc2)CCCN(Cc2ccc(OC)cc2)C1. The van der Waals surface area contributed by atoms with E-state index < -0.39 is 5.41 Å². The maximum absolute atomic E-state index is 13.3. The van der Waals surface area contributed by atoms with Crippen LogP contribution in [0.15, 0.2) is 73.1 Å². The molecule has 0 saturated carbocycles. The summed E-state index contributed by atoms with van der Waals surface area (Å²) in [7, 11) is 3.43. The predicted octanol–water partition coefficient (Wildman–Crippen LogP) is 4.33. The number of nitrogens with one attached hydrogen (secondary N) is 1. The molecular weight excluding hydrogens is 398 g/mol. The van der Waals surface area contributed by atoms with E-state index in [0.717, 1.165) is 49.4 Å². The number of benzene rings is 2. The van der Waals surface area contributed by atoms with Crippen LogP contribution in [0.5, 0.6) is 5.75 Å². The molecule has 1 aromatic heterocycles. The number of likely N-dealkylation sites (tertiary alicyclic amines) is 1. The van der Waals surface area contributed by atoms with Crippen molar-refractivity contribution in [3.05, 3.63) is 84.2 Å². The molecule has 1 aliphatic heterocycles. The van der Waals surface area contributed by atoms with Gasteiger partial charge in [0.15, 0.2) is 0 Å². The van der Waals surface area contributed by atoms with Gasteiger partial charge in [0.05, 0.1) is 12.5 Å². The van der Waals surface area contributed by atoms with Gasteiger partial charge >= 0.3 is 0 Å². The van der Waals surface area contributed by atoms with Crippen LogP contribution in [0.2, 0.25) is 0 Å². The number of piperidine rings is 1. The smallest absolute Gasteiger partial charge is 0.227 e. The Labute approximate surface area is 190 Å². The Hall–Kier alpha value is -3.18. The lowest BCUT2D eigenvalue weighted by Gasteiger charge is -2.42. The van der Waals surface area contributed by atoms with Gasteiger partial charge in [-0.15, -0.1) is 0 Å². The molecular formula is C27H31N3O2. The lowest BCUT2D eigenvalue weighted by molar-refractivity contribution is -0.134. The van der Waals surface area contributed by atoms with Crippen LogP contribution in [0.25, 0.3) is 11.1 Å². The van der Waals surface area contributed by atoms with Crippen molar-refractivity contribution in [2.75, 3.05) is 27.2 Å². The summed E-state index contributed by atoms with van der Waals surface area (Å²) in [5.41, 5.74) is 4.19. The monoisotopic (exact) mass is 429 g/mol. The molecule has 0 aliphatic carbocycles. The normalized spacial score (nSPS) is 18.8. The molecule has 5 heteroatoms. The minimum absolute atomic E-state index is 0.123. The van der Waals surface area contributed by atoms with E-state index in [2.05, 4.69) is 57.7 Å². The highest BCUT2D eigenvalue weighted by Gasteiger charge is 2.42. The highest BCUT2D eigenvalue weighted by Crippen LogP contribution is 2.37. The molecule has 4 rings (SSSR count). The molecule has 2 heterocycles. The third kappa shape index (κ3) is 4.83. The third-order valence-corrected chi connectivity index (χ3v) is 6.45. The molecule has 0 spiro atoms. The molecule has 1 amide bonds. The first-order valence-electron chi connectivity index (χ1n) is 11.2. The number of methoxy groups -OCH3 is 1. The molecule has 1 fully saturated rings. The molecule has 1 N–H and O–H groups in total. The summed E-state index contributed by atoms with van der Waals surface area (Å²) in [4.78, 5) is 20.0. The Bertz CT molecular complexity index is 1040. The van der Waals surface area contributed by atoms with E-state index in [1.165, 1.54) is 11.1 Å². The van der Waals surface area contributed by atoms with Gasteiger partial charge in [-0.05, 0) is 60.7 Å². The fourth-order valence-electron chi connectivity index (χ4n) is 4.87. The van der Waals surface area contributed by atoms with Crippen LogP contribution >= 0.6 is 0 Å². The standard InChI is InChI=1S/C27H31N3O2/c1-28-26(31)27(17-22-7-3-4-9-25(22)23-8-5-15-29-18-23)14-6-16-30(20-27)19-21-10-12-24(32-2)13-11-21/h3-5,7-13,15,18H,6,14,16-17,19-20H2,1-2H3,(H,28,31)/t27-/m0/s1. The van der Waals surface area contributed by atoms with Crippen molar-refractivity contribution in [1.29, 1.82) is 0 Å². The zero-order chi connectivity index (χ0) is 22.4. The Morgan fingerprint density at radius 3 is 2.66 bits per heavy atom. The summed E-state index contributed by atoms with van der Waals surface area (Å²) < 4.78 is 5.28. The zero-order valence-electron chi connectivity index (χ0n) is 18.9. The van der Waals surface area contributed by atoms with Gasteiger partial charge in [-0.2, -0.15) is 0 Å². The molecule has 3 aromatic rings. The van der Waals surface area contributed by atoms with E-state index in [-0.39, 0.29) is 5.91 Å². The van der Waals surface area contributed by atoms with Gasteiger partial charge in [0.1, 0.15) is 5.75 Å². The Kier molecular flexibility index (Phi) is 6.86. The number of hydrogen-bond acceptors (Lipinski definition) is 4. The minimum atomic E-state index is -0.461. The molecule has 32 heavy (non-hydrogen) atoms. The van der Waals surface area contributed by atoms with Crippen molar-refractivity contribution in [3.63, 3.8) is 0 Å². The Balaban J connectivity index is 1.60. The summed E-state index contributed by atoms with van der Waals surface area (Å²) in [5, 5.41) is 2.96. The van der Waals surface area contributed by atoms with Crippen LogP contribution in [0.1, 0.15) is 24.0 Å². The minimum Gasteiger partial charge on any atom is -0.497 e. The van der Waals surface area contributed by atoms with E-state index >= 15 is 0 Å². The van der Waals surface area contributed by atoms with Crippen LogP contribution in [0, 0.1) is 5.41 Å². The largest absolute Gasteiger partial charge is 0.497 e. The molecule has 1 atom stereocenters. The number of nitrogens with zero attached hydrogens (tertiary/aromatic N) is 2. The summed E-state index contributed by atoms with van der Waals surface area (Å²) in [6.07, 6.45) is 6.27. The first-order chi connectivity index (χ1) is 15.6. The molecule has 0 unspecified atom stereocenters. The topological polar surface area (TPSA) is 54.5 Å². The third-order valence-electron chi connectivity index (χ3n) is 6.45. The number of carbonyl (C=O) groups excluding carboxylic acids is 1. The van der Waals surface area contributed by atoms with Crippen molar-refractivity contribution in [2.24, 2.45) is 5.41 Å². The second-order valence-corrected chi connectivity index (χ2v) is 8.60. The molecule has 2 aromatic carbocycles. The number of hydrogen-bond donors (Lipinski definition) is 1. The molecule has 1 aliphatic rings. The van der Waals surface area contributed by atoms with Gasteiger partial charge in [-0.1, -0.05) is 42.5 Å². The fraction of sp³-hybridized carbons (Fsp3) is 0.333. The molecule has 1 saturated heterocycles. The lowest BCUT2D eigenvalue weighted by atomic mass is 9.73. The first kappa shape index (κ1) is 22.0. The van der Waals surface area contributed by atoms with Crippen molar-refractivity contribution < 1.29 is 9.53 Å². The number of pyridine rings is 1. The van der Waals surface area contributed by atoms with Crippen molar-refractivity contribution in [1.82, 2.24) is 15.2 Å². The van der Waals surface area contributed by atoms with E-state index in [4.69, 9.17) is 4.74 Å². The first-order valence-corrected chi connectivity index (χ1v) is 11.2. The van der Waals surface area contributed by atoms with Crippen LogP contribution in [-0.2, 0) is 17.8 Å². The van der Waals surface area contributed by atoms with Crippen LogP contribution in [0.4, 0.5) is 0 Å². The number of carbonyl (C=O) groups is 1. The van der Waals surface area contributed by atoms with Crippen molar-refractivity contribution in [3.8, 4) is 16.9 Å². The second kappa shape index (κ2) is 9.96. The summed E-state index contributed by atoms with van der Waals surface area (Å²) >= 11 is 0. The Morgan fingerprint density at radius 2 is 1.94 bits per heavy atom. The van der Waals surface area contributed by atoms with Crippen LogP contribution in [-0.4, -0.2) is 43.0 Å². The average Bonchev–Trinajstić information content (AvgIpc) is 2.85. The van der Waals surface area contributed by atoms with Gasteiger partial charge in [0, 0.05) is 38.1 Å². The fourth-order valence-corrected chi connectivity index (χ4v) is 4.87. The zero-order valence-corrected chi connectivity index (χ0v) is 18.9. The van der Waals surface area contributed by atoms with Crippen LogP contribution in [0.3, 0.4) is 0 Å². The second-order valence-electron chi connectivity index (χ2n) is 8.60. The van der Waals surface area contributed by atoms with E-state index in [1.54, 1.807) is 20.4 Å². The van der Waals surface area contributed by atoms with E-state index in [1.807, 2.05) is 24.4 Å². The quantitative estimate of drug-likeness (QED) is 0.607. The van der Waals surface area contributed by atoms with E-state index in [9.17, 15) is 4.79 Å². The molecule has 0 radical (unpaired) electrons. The van der Waals surface area contributed by atoms with Gasteiger partial charge in [-0.25, -0.2) is 0 Å². The average molecular weight is 430 g/mol. The molecule has 5 nitrogen and oxygen atoms in total. The highest BCUT2D eigenvalue weighted by atomic mass is 16.5. The van der Waals surface area contributed by atoms with Crippen molar-refractivity contribution >= 4 is 5.91 Å². The summed E-state index contributed by atoms with van der Waals surface area (Å²) in [5.74, 6) is 0.983. The lowest BCUT2D eigenvalue weighted by Crippen LogP contribution is -2.52. The maximum atomic E-state index is 13.3. The van der Waals surface area contributed by atoms with Gasteiger partial charge < -0.3 is 10.1 Å². The van der Waals surface area contributed by atoms with Gasteiger partial charge in [0.25, 0.3) is 0 Å². The summed E-state index contributed by atoms with van der Waals surface area (Å²) in [6.45, 7) is 2.56. The summed E-state index contributed by atoms with van der Waals surface area (Å²) in [6, 6.07) is 20.6. The molecule has 0 bridgehead atoms. The number of rotatable bonds is 7. The number of ether oxygens (including phenoxy) is 1. The van der Waals surface area contributed by atoms with Crippen LogP contribution < -0.4 is 10.1 Å². The van der Waals surface area contributed by atoms with Gasteiger partial charge in [0.2, 0.25) is 5.91 Å². The Morgan fingerprint density at radius 1 is 1.12 bits per heavy atom. The number of aromatic nitrogens is 1. The number of amides is 1. The molecule has 166 valence electrons. The van der Waals surface area contributed by atoms with E-state index in [0.29, 0.717) is 6.42 Å². The van der Waals surface area contributed by atoms with Crippen molar-refractivity contribution in [2.45, 2.75) is 25.8 Å². The highest BCUT2D eigenvalue weighted by molar-refractivity contribution is 5.83. The van der Waals surface area contributed by atoms with Gasteiger partial charge in [-0.3, -0.25) is 14.7 Å². The maximum Gasteiger partial charge on any atom is 0.227 e. The predicted molar refractivity (Wildman–Crippen MR) is 127 cm³/mol.